The normalized spacial score (nSPS) is 16.3. The Labute approximate surface area is 73.8 Å². The molecule has 3 amide bonds. The molecule has 13 heavy (non-hydrogen) atoms. The molecule has 0 aromatic carbocycles. The van der Waals surface area contributed by atoms with Crippen LogP contribution in [0.3, 0.4) is 0 Å². The van der Waals surface area contributed by atoms with Crippen molar-refractivity contribution in [2.24, 2.45) is 0 Å². The van der Waals surface area contributed by atoms with Gasteiger partial charge in [-0.2, -0.15) is 0 Å². The lowest BCUT2D eigenvalue weighted by Crippen LogP contribution is -2.32. The number of hydrogen-bond donors (Lipinski definition) is 2. The first-order valence-corrected chi connectivity index (χ1v) is 3.61. The highest BCUT2D eigenvalue weighted by atomic mass is 16.4. The number of carbonyl (C=O) groups is 3. The van der Waals surface area contributed by atoms with E-state index < -0.39 is 17.9 Å². The molecule has 1 heterocycles. The van der Waals surface area contributed by atoms with Crippen molar-refractivity contribution in [1.82, 2.24) is 10.2 Å². The van der Waals surface area contributed by atoms with E-state index in [0.29, 0.717) is 12.6 Å². The second-order valence-electron chi connectivity index (χ2n) is 2.39. The molecular weight excluding hydrogens is 176 g/mol. The fraction of sp³-hybridized carbons (Fsp3) is 0.286. The van der Waals surface area contributed by atoms with Crippen LogP contribution in [-0.4, -0.2) is 41.0 Å². The van der Waals surface area contributed by atoms with Gasteiger partial charge >= 0.3 is 12.0 Å². The van der Waals surface area contributed by atoms with E-state index in [-0.39, 0.29) is 6.54 Å². The number of carboxylic acids is 1. The molecule has 0 spiro atoms. The number of aliphatic carboxylic acids is 1. The highest BCUT2D eigenvalue weighted by Crippen LogP contribution is 1.97. The molecule has 0 aliphatic carbocycles. The molecule has 0 radical (unpaired) electrons. The smallest absolute Gasteiger partial charge is 0.328 e. The van der Waals surface area contributed by atoms with Crippen molar-refractivity contribution in [3.05, 3.63) is 12.2 Å². The van der Waals surface area contributed by atoms with Gasteiger partial charge in [-0.15, -0.1) is 0 Å². The topological polar surface area (TPSA) is 86.7 Å². The number of imide groups is 1. The van der Waals surface area contributed by atoms with Gasteiger partial charge in [-0.05, 0) is 0 Å². The van der Waals surface area contributed by atoms with Crippen molar-refractivity contribution < 1.29 is 19.5 Å². The molecule has 70 valence electrons. The molecule has 0 aromatic heterocycles. The maximum absolute atomic E-state index is 11.1. The first-order chi connectivity index (χ1) is 6.11. The third-order valence-electron chi connectivity index (χ3n) is 1.49. The Kier molecular flexibility index (Phi) is 2.63. The number of urea groups is 1. The zero-order valence-corrected chi connectivity index (χ0v) is 6.69. The molecule has 1 saturated heterocycles. The summed E-state index contributed by atoms with van der Waals surface area (Å²) in [6.45, 7) is 0.688. The number of carboxylic acid groups (broad SMARTS) is 1. The highest BCUT2D eigenvalue weighted by molar-refractivity contribution is 6.03. The van der Waals surface area contributed by atoms with Crippen LogP contribution in [0.1, 0.15) is 0 Å². The second kappa shape index (κ2) is 3.70. The van der Waals surface area contributed by atoms with Crippen LogP contribution in [0.2, 0.25) is 0 Å². The van der Waals surface area contributed by atoms with Crippen molar-refractivity contribution >= 4 is 17.9 Å². The third-order valence-corrected chi connectivity index (χ3v) is 1.49. The van der Waals surface area contributed by atoms with Gasteiger partial charge in [-0.25, -0.2) is 9.59 Å². The maximum atomic E-state index is 11.1. The van der Waals surface area contributed by atoms with Crippen LogP contribution in [0, 0.1) is 0 Å². The van der Waals surface area contributed by atoms with E-state index in [1.165, 1.54) is 0 Å². The summed E-state index contributed by atoms with van der Waals surface area (Å²) in [6.07, 6.45) is 1.56. The van der Waals surface area contributed by atoms with Crippen LogP contribution in [0.15, 0.2) is 12.2 Å². The van der Waals surface area contributed by atoms with E-state index in [0.717, 1.165) is 11.0 Å². The van der Waals surface area contributed by atoms with Crippen molar-refractivity contribution in [2.75, 3.05) is 13.1 Å². The molecule has 0 saturated carbocycles. The summed E-state index contributed by atoms with van der Waals surface area (Å²) in [4.78, 5) is 32.9. The zero-order chi connectivity index (χ0) is 9.84. The molecule has 1 rings (SSSR count). The van der Waals surface area contributed by atoms with Crippen molar-refractivity contribution in [3.63, 3.8) is 0 Å². The summed E-state index contributed by atoms with van der Waals surface area (Å²) in [6, 6.07) is -0.486. The molecule has 0 atom stereocenters. The Morgan fingerprint density at radius 1 is 1.46 bits per heavy atom. The van der Waals surface area contributed by atoms with Gasteiger partial charge in [0.1, 0.15) is 0 Å². The standard InChI is InChI=1S/C7H8N2O4/c10-5(1-2-6(11)12)9-4-3-8-7(9)13/h1-2H,3-4H2,(H,8,13)(H,11,12)/b2-1+. The summed E-state index contributed by atoms with van der Waals surface area (Å²) in [5.41, 5.74) is 0. The van der Waals surface area contributed by atoms with Gasteiger partial charge in [-0.1, -0.05) is 0 Å². The molecule has 1 aliphatic rings. The zero-order valence-electron chi connectivity index (χ0n) is 6.69. The van der Waals surface area contributed by atoms with E-state index in [2.05, 4.69) is 5.32 Å². The fourth-order valence-corrected chi connectivity index (χ4v) is 0.914. The Morgan fingerprint density at radius 3 is 2.62 bits per heavy atom. The Morgan fingerprint density at radius 2 is 2.15 bits per heavy atom. The van der Waals surface area contributed by atoms with Gasteiger partial charge in [0.25, 0.3) is 5.91 Å². The molecule has 0 aromatic rings. The number of nitrogens with zero attached hydrogens (tertiary/aromatic N) is 1. The van der Waals surface area contributed by atoms with Gasteiger partial charge < -0.3 is 10.4 Å². The van der Waals surface area contributed by atoms with Gasteiger partial charge in [-0.3, -0.25) is 9.69 Å². The first kappa shape index (κ1) is 9.24. The van der Waals surface area contributed by atoms with Gasteiger partial charge in [0.05, 0.1) is 0 Å². The minimum Gasteiger partial charge on any atom is -0.478 e. The minimum atomic E-state index is -1.21. The Hall–Kier alpha value is -1.85. The van der Waals surface area contributed by atoms with Crippen LogP contribution >= 0.6 is 0 Å². The second-order valence-corrected chi connectivity index (χ2v) is 2.39. The fourth-order valence-electron chi connectivity index (χ4n) is 0.914. The third kappa shape index (κ3) is 2.29. The van der Waals surface area contributed by atoms with Crippen molar-refractivity contribution in [2.45, 2.75) is 0 Å². The maximum Gasteiger partial charge on any atom is 0.328 e. The molecular formula is C7H8N2O4. The van der Waals surface area contributed by atoms with E-state index in [1.807, 2.05) is 0 Å². The molecule has 6 heteroatoms. The molecule has 0 unspecified atom stereocenters. The van der Waals surface area contributed by atoms with E-state index >= 15 is 0 Å². The molecule has 6 nitrogen and oxygen atoms in total. The van der Waals surface area contributed by atoms with Gasteiger partial charge in [0, 0.05) is 25.2 Å². The molecule has 1 aliphatic heterocycles. The van der Waals surface area contributed by atoms with Crippen molar-refractivity contribution in [1.29, 1.82) is 0 Å². The monoisotopic (exact) mass is 184 g/mol. The van der Waals surface area contributed by atoms with Crippen LogP contribution < -0.4 is 5.32 Å². The summed E-state index contributed by atoms with van der Waals surface area (Å²) in [7, 11) is 0. The van der Waals surface area contributed by atoms with Crippen LogP contribution in [-0.2, 0) is 9.59 Å². The van der Waals surface area contributed by atoms with E-state index in [1.54, 1.807) is 0 Å². The van der Waals surface area contributed by atoms with E-state index in [9.17, 15) is 14.4 Å². The van der Waals surface area contributed by atoms with E-state index in [4.69, 9.17) is 5.11 Å². The van der Waals surface area contributed by atoms with Crippen molar-refractivity contribution in [3.8, 4) is 0 Å². The van der Waals surface area contributed by atoms with Crippen LogP contribution in [0.25, 0.3) is 0 Å². The predicted molar refractivity (Wildman–Crippen MR) is 41.9 cm³/mol. The lowest BCUT2D eigenvalue weighted by molar-refractivity contribution is -0.132. The number of rotatable bonds is 2. The average molecular weight is 184 g/mol. The lowest BCUT2D eigenvalue weighted by atomic mass is 10.4. The largest absolute Gasteiger partial charge is 0.478 e. The number of nitrogens with one attached hydrogen (secondary N) is 1. The molecule has 2 N–H and O–H groups in total. The molecule has 1 fully saturated rings. The summed E-state index contributed by atoms with van der Waals surface area (Å²) in [5, 5.41) is 10.6. The Balaban J connectivity index is 2.57. The summed E-state index contributed by atoms with van der Waals surface area (Å²) < 4.78 is 0. The summed E-state index contributed by atoms with van der Waals surface area (Å²) >= 11 is 0. The van der Waals surface area contributed by atoms with Crippen LogP contribution in [0.5, 0.6) is 0 Å². The number of amides is 3. The van der Waals surface area contributed by atoms with Crippen LogP contribution in [0.4, 0.5) is 4.79 Å². The minimum absolute atomic E-state index is 0.279. The first-order valence-electron chi connectivity index (χ1n) is 3.61. The highest BCUT2D eigenvalue weighted by Gasteiger charge is 2.24. The quantitative estimate of drug-likeness (QED) is 0.549. The van der Waals surface area contributed by atoms with Gasteiger partial charge in [0.15, 0.2) is 0 Å². The SMILES string of the molecule is O=C(O)/C=C/C(=O)N1CCNC1=O. The number of carbonyl (C=O) groups excluding carboxylic acids is 2. The lowest BCUT2D eigenvalue weighted by Gasteiger charge is -2.07. The number of hydrogen-bond acceptors (Lipinski definition) is 3. The Bertz CT molecular complexity index is 284. The summed E-state index contributed by atoms with van der Waals surface area (Å²) in [5.74, 6) is -1.83. The average Bonchev–Trinajstić information content (AvgIpc) is 2.47. The predicted octanol–water partition coefficient (Wildman–Crippen LogP) is -0.821. The molecule has 0 bridgehead atoms. The van der Waals surface area contributed by atoms with Gasteiger partial charge in [0.2, 0.25) is 0 Å².